The van der Waals surface area contributed by atoms with Gasteiger partial charge in [-0.3, -0.25) is 9.48 Å². The number of halogens is 4. The average Bonchev–Trinajstić information content (AvgIpc) is 3.33. The molecule has 2 heterocycles. The van der Waals surface area contributed by atoms with Gasteiger partial charge in [0.05, 0.1) is 29.4 Å². The van der Waals surface area contributed by atoms with Crippen LogP contribution in [0.25, 0.3) is 11.1 Å². The highest BCUT2D eigenvalue weighted by molar-refractivity contribution is 5.95. The van der Waals surface area contributed by atoms with E-state index in [9.17, 15) is 28.3 Å². The summed E-state index contributed by atoms with van der Waals surface area (Å²) in [7, 11) is 0. The van der Waals surface area contributed by atoms with E-state index in [1.807, 2.05) is 6.07 Å². The molecular formula is C24H20F4N4O3. The summed E-state index contributed by atoms with van der Waals surface area (Å²) in [5.41, 5.74) is -1.13. The molecule has 4 rings (SSSR count). The first kappa shape index (κ1) is 24.4. The lowest BCUT2D eigenvalue weighted by atomic mass is 10.0. The molecule has 1 atom stereocenters. The van der Waals surface area contributed by atoms with Gasteiger partial charge in [-0.25, -0.2) is 4.39 Å². The number of nitrogens with one attached hydrogen (secondary N) is 1. The van der Waals surface area contributed by atoms with Gasteiger partial charge < -0.3 is 15.2 Å². The molecule has 1 amide bonds. The Bertz CT molecular complexity index is 1280. The minimum Gasteiger partial charge on any atom is -0.381 e. The highest BCUT2D eigenvalue weighted by atomic mass is 19.4. The quantitative estimate of drug-likeness (QED) is 0.512. The smallest absolute Gasteiger partial charge is 0.381 e. The molecule has 1 unspecified atom stereocenters. The minimum absolute atomic E-state index is 0.00207. The highest BCUT2D eigenvalue weighted by Crippen LogP contribution is 2.33. The van der Waals surface area contributed by atoms with Crippen molar-refractivity contribution in [1.29, 1.82) is 5.26 Å². The topological polar surface area (TPSA) is 100 Å². The maximum atomic E-state index is 15.0. The zero-order valence-corrected chi connectivity index (χ0v) is 18.2. The van der Waals surface area contributed by atoms with Crippen LogP contribution in [0.2, 0.25) is 0 Å². The molecule has 1 fully saturated rings. The number of aliphatic hydroxyl groups excluding tert-OH is 1. The molecule has 2 aromatic carbocycles. The Labute approximate surface area is 197 Å². The van der Waals surface area contributed by atoms with Gasteiger partial charge >= 0.3 is 6.18 Å². The van der Waals surface area contributed by atoms with E-state index in [1.54, 1.807) is 10.9 Å². The van der Waals surface area contributed by atoms with Gasteiger partial charge in [0.25, 0.3) is 5.91 Å². The number of carbonyl (C=O) groups is 1. The van der Waals surface area contributed by atoms with Crippen molar-refractivity contribution in [2.45, 2.75) is 31.2 Å². The van der Waals surface area contributed by atoms with Crippen molar-refractivity contribution < 1.29 is 32.2 Å². The molecule has 7 nitrogen and oxygen atoms in total. The first-order valence-corrected chi connectivity index (χ1v) is 10.7. The highest BCUT2D eigenvalue weighted by Gasteiger charge is 2.31. The van der Waals surface area contributed by atoms with E-state index in [-0.39, 0.29) is 28.4 Å². The van der Waals surface area contributed by atoms with E-state index >= 15 is 4.39 Å². The number of nitrogens with zero attached hydrogens (tertiary/aromatic N) is 3. The maximum Gasteiger partial charge on any atom is 0.416 e. The van der Waals surface area contributed by atoms with Crippen LogP contribution in [-0.2, 0) is 15.7 Å². The summed E-state index contributed by atoms with van der Waals surface area (Å²) in [6.45, 7) is 1.19. The molecule has 1 aliphatic rings. The predicted octanol–water partition coefficient (Wildman–Crippen LogP) is 4.60. The second kappa shape index (κ2) is 9.85. The maximum absolute atomic E-state index is 15.0. The molecule has 1 aromatic heterocycles. The third-order valence-corrected chi connectivity index (χ3v) is 5.71. The third kappa shape index (κ3) is 5.34. The zero-order chi connectivity index (χ0) is 25.2. The van der Waals surface area contributed by atoms with Crippen LogP contribution >= 0.6 is 0 Å². The molecule has 11 heteroatoms. The number of nitriles is 1. The lowest BCUT2D eigenvalue weighted by Gasteiger charge is -2.22. The Morgan fingerprint density at radius 1 is 1.26 bits per heavy atom. The average molecular weight is 488 g/mol. The first-order chi connectivity index (χ1) is 16.7. The molecule has 2 N–H and O–H groups in total. The lowest BCUT2D eigenvalue weighted by Crippen LogP contribution is -2.21. The number of amides is 1. The summed E-state index contributed by atoms with van der Waals surface area (Å²) in [6.07, 6.45) is -1.98. The first-order valence-electron chi connectivity index (χ1n) is 10.7. The van der Waals surface area contributed by atoms with Crippen molar-refractivity contribution in [2.75, 3.05) is 18.5 Å². The van der Waals surface area contributed by atoms with E-state index in [2.05, 4.69) is 10.4 Å². The van der Waals surface area contributed by atoms with Crippen molar-refractivity contribution in [1.82, 2.24) is 9.78 Å². The number of hydrogen-bond acceptors (Lipinski definition) is 5. The molecular weight excluding hydrogens is 468 g/mol. The monoisotopic (exact) mass is 488 g/mol. The normalized spacial score (nSPS) is 15.4. The Morgan fingerprint density at radius 2 is 2.00 bits per heavy atom. The summed E-state index contributed by atoms with van der Waals surface area (Å²) < 4.78 is 60.9. The standard InChI is InChI=1S/C24H20F4N4O3/c25-20-10-18(31-23(34)22(33)14-2-1-3-17(8-14)24(26,27)28)9-15(11-29)21(20)16-12-30-32(13-16)19-4-6-35-7-5-19/h1-3,8-10,12-13,19,22,33H,4-7H2,(H,31,34). The fourth-order valence-corrected chi connectivity index (χ4v) is 3.92. The summed E-state index contributed by atoms with van der Waals surface area (Å²) in [4.78, 5) is 12.4. The summed E-state index contributed by atoms with van der Waals surface area (Å²) in [5, 5.41) is 26.4. The van der Waals surface area contributed by atoms with Crippen molar-refractivity contribution >= 4 is 11.6 Å². The second-order valence-electron chi connectivity index (χ2n) is 8.06. The van der Waals surface area contributed by atoms with Crippen LogP contribution in [0.5, 0.6) is 0 Å². The van der Waals surface area contributed by atoms with Gasteiger partial charge in [-0.2, -0.15) is 23.5 Å². The van der Waals surface area contributed by atoms with E-state index in [0.29, 0.717) is 24.8 Å². The number of aliphatic hydroxyl groups is 1. The largest absolute Gasteiger partial charge is 0.416 e. The molecule has 182 valence electrons. The number of benzene rings is 2. The predicted molar refractivity (Wildman–Crippen MR) is 116 cm³/mol. The molecule has 0 aliphatic carbocycles. The summed E-state index contributed by atoms with van der Waals surface area (Å²) >= 11 is 0. The van der Waals surface area contributed by atoms with Crippen LogP contribution in [0, 0.1) is 17.1 Å². The van der Waals surface area contributed by atoms with Crippen molar-refractivity contribution in [2.24, 2.45) is 0 Å². The third-order valence-electron chi connectivity index (χ3n) is 5.71. The number of hydrogen-bond donors (Lipinski definition) is 2. The van der Waals surface area contributed by atoms with Crippen molar-refractivity contribution in [3.05, 3.63) is 71.3 Å². The summed E-state index contributed by atoms with van der Waals surface area (Å²) in [6, 6.07) is 7.88. The van der Waals surface area contributed by atoms with Crippen molar-refractivity contribution in [3.8, 4) is 17.2 Å². The molecule has 1 saturated heterocycles. The number of rotatable bonds is 5. The van der Waals surface area contributed by atoms with Crippen molar-refractivity contribution in [3.63, 3.8) is 0 Å². The fourth-order valence-electron chi connectivity index (χ4n) is 3.92. The Hall–Kier alpha value is -3.75. The van der Waals surface area contributed by atoms with Crippen LogP contribution in [0.1, 0.15) is 41.7 Å². The van der Waals surface area contributed by atoms with Gasteiger partial charge in [0.2, 0.25) is 0 Å². The van der Waals surface area contributed by atoms with Crippen LogP contribution in [0.3, 0.4) is 0 Å². The van der Waals surface area contributed by atoms with Gasteiger partial charge in [0, 0.05) is 36.2 Å². The molecule has 0 spiro atoms. The molecule has 35 heavy (non-hydrogen) atoms. The second-order valence-corrected chi connectivity index (χ2v) is 8.06. The van der Waals surface area contributed by atoms with Crippen LogP contribution in [0.15, 0.2) is 48.8 Å². The van der Waals surface area contributed by atoms with E-state index in [1.165, 1.54) is 18.3 Å². The molecule has 1 aliphatic heterocycles. The minimum atomic E-state index is -4.65. The van der Waals surface area contributed by atoms with E-state index in [0.717, 1.165) is 31.0 Å². The number of ether oxygens (including phenoxy) is 1. The number of carbonyl (C=O) groups excluding carboxylic acids is 1. The fraction of sp³-hybridized carbons (Fsp3) is 0.292. The Morgan fingerprint density at radius 3 is 2.69 bits per heavy atom. The molecule has 0 saturated carbocycles. The van der Waals surface area contributed by atoms with E-state index < -0.39 is 29.6 Å². The van der Waals surface area contributed by atoms with Crippen LogP contribution < -0.4 is 5.32 Å². The van der Waals surface area contributed by atoms with Gasteiger partial charge in [0.1, 0.15) is 5.82 Å². The van der Waals surface area contributed by atoms with E-state index in [4.69, 9.17) is 4.74 Å². The van der Waals surface area contributed by atoms with Gasteiger partial charge in [-0.1, -0.05) is 12.1 Å². The van der Waals surface area contributed by atoms with Gasteiger partial charge in [-0.15, -0.1) is 0 Å². The van der Waals surface area contributed by atoms with Gasteiger partial charge in [0.15, 0.2) is 6.10 Å². The zero-order valence-electron chi connectivity index (χ0n) is 18.2. The number of aromatic nitrogens is 2. The Kier molecular flexibility index (Phi) is 6.86. The number of alkyl halides is 3. The Balaban J connectivity index is 1.55. The van der Waals surface area contributed by atoms with Crippen LogP contribution in [0.4, 0.5) is 23.2 Å². The molecule has 0 bridgehead atoms. The SMILES string of the molecule is N#Cc1cc(NC(=O)C(O)c2cccc(C(F)(F)F)c2)cc(F)c1-c1cnn(C2CCOCC2)c1. The lowest BCUT2D eigenvalue weighted by molar-refractivity contribution is -0.138. The molecule has 0 radical (unpaired) electrons. The van der Waals surface area contributed by atoms with Crippen LogP contribution in [-0.4, -0.2) is 34.0 Å². The summed E-state index contributed by atoms with van der Waals surface area (Å²) in [5.74, 6) is -1.88. The molecule has 3 aromatic rings. The number of anilines is 1. The van der Waals surface area contributed by atoms with Gasteiger partial charge in [-0.05, 0) is 42.7 Å².